The second-order valence-corrected chi connectivity index (χ2v) is 6.29. The fourth-order valence-electron chi connectivity index (χ4n) is 2.49. The molecule has 0 bridgehead atoms. The van der Waals surface area contributed by atoms with Crippen LogP contribution in [0.3, 0.4) is 0 Å². The normalized spacial score (nSPS) is 11.0. The zero-order chi connectivity index (χ0) is 16.4. The monoisotopic (exact) mass is 337 g/mol. The van der Waals surface area contributed by atoms with Crippen LogP contribution in [0.4, 0.5) is 11.5 Å². The molecule has 0 amide bonds. The van der Waals surface area contributed by atoms with Crippen LogP contribution in [0.25, 0.3) is 20.7 Å². The van der Waals surface area contributed by atoms with E-state index >= 15 is 0 Å². The van der Waals surface area contributed by atoms with Crippen molar-refractivity contribution in [2.75, 3.05) is 11.9 Å². The third-order valence-electron chi connectivity index (χ3n) is 3.61. The number of thiophene rings is 1. The van der Waals surface area contributed by atoms with Gasteiger partial charge in [0.25, 0.3) is 0 Å². The van der Waals surface area contributed by atoms with Gasteiger partial charge in [-0.15, -0.1) is 11.3 Å². The molecule has 0 aliphatic heterocycles. The molecule has 0 atom stereocenters. The van der Waals surface area contributed by atoms with Crippen LogP contribution in [0.15, 0.2) is 55.1 Å². The number of nitrogens with zero attached hydrogens (tertiary/aromatic N) is 4. The number of nitrogens with one attached hydrogen (secondary N) is 1. The second kappa shape index (κ2) is 6.38. The van der Waals surface area contributed by atoms with E-state index in [0.29, 0.717) is 6.54 Å². The number of hydrogen-bond acceptors (Lipinski definition) is 6. The van der Waals surface area contributed by atoms with E-state index in [1.807, 2.05) is 24.4 Å². The molecule has 4 aromatic rings. The van der Waals surface area contributed by atoms with Gasteiger partial charge >= 0.3 is 0 Å². The molecule has 120 valence electrons. The minimum absolute atomic E-state index is 0.0594. The van der Waals surface area contributed by atoms with Gasteiger partial charge in [-0.05, 0) is 11.6 Å². The maximum absolute atomic E-state index is 8.97. The highest BCUT2D eigenvalue weighted by Crippen LogP contribution is 2.35. The van der Waals surface area contributed by atoms with Crippen molar-refractivity contribution >= 4 is 33.1 Å². The first kappa shape index (κ1) is 14.8. The van der Waals surface area contributed by atoms with Gasteiger partial charge in [-0.25, -0.2) is 9.97 Å². The Kier molecular flexibility index (Phi) is 3.94. The van der Waals surface area contributed by atoms with Crippen molar-refractivity contribution in [1.29, 1.82) is 0 Å². The van der Waals surface area contributed by atoms with Gasteiger partial charge in [-0.2, -0.15) is 5.10 Å². The molecule has 0 fully saturated rings. The highest BCUT2D eigenvalue weighted by Gasteiger charge is 2.11. The standard InChI is InChI=1S/C17H15N5OS/c23-7-6-22-10-13(9-20-22)21-16-14-8-15(12-4-2-1-3-5-12)24-17(14)19-11-18-16/h1-5,8-11,23H,6-7H2,(H,18,19,21). The smallest absolute Gasteiger partial charge is 0.142 e. The maximum atomic E-state index is 8.97. The van der Waals surface area contributed by atoms with Crippen LogP contribution < -0.4 is 5.32 Å². The molecule has 7 heteroatoms. The molecular formula is C17H15N5OS. The van der Waals surface area contributed by atoms with E-state index in [0.717, 1.165) is 26.6 Å². The van der Waals surface area contributed by atoms with Crippen LogP contribution in [0, 0.1) is 0 Å². The molecule has 0 unspecified atom stereocenters. The van der Waals surface area contributed by atoms with Gasteiger partial charge in [0.1, 0.15) is 17.0 Å². The van der Waals surface area contributed by atoms with Crippen LogP contribution >= 0.6 is 11.3 Å². The van der Waals surface area contributed by atoms with Crippen LogP contribution in [0.2, 0.25) is 0 Å². The maximum Gasteiger partial charge on any atom is 0.142 e. The Morgan fingerprint density at radius 2 is 2.04 bits per heavy atom. The summed E-state index contributed by atoms with van der Waals surface area (Å²) in [5.74, 6) is 0.752. The number of aliphatic hydroxyl groups is 1. The number of aromatic nitrogens is 4. The number of anilines is 2. The van der Waals surface area contributed by atoms with Crippen molar-refractivity contribution in [2.45, 2.75) is 6.54 Å². The van der Waals surface area contributed by atoms with E-state index in [2.05, 4.69) is 38.6 Å². The van der Waals surface area contributed by atoms with Crippen molar-refractivity contribution in [3.63, 3.8) is 0 Å². The van der Waals surface area contributed by atoms with E-state index in [-0.39, 0.29) is 6.61 Å². The summed E-state index contributed by atoms with van der Waals surface area (Å²) in [4.78, 5) is 10.8. The molecule has 0 radical (unpaired) electrons. The molecule has 0 saturated carbocycles. The van der Waals surface area contributed by atoms with Crippen LogP contribution in [-0.4, -0.2) is 31.5 Å². The molecule has 4 rings (SSSR count). The quantitative estimate of drug-likeness (QED) is 0.584. The van der Waals surface area contributed by atoms with Gasteiger partial charge in [0.2, 0.25) is 0 Å². The molecule has 0 spiro atoms. The molecule has 3 heterocycles. The molecule has 0 aliphatic carbocycles. The Morgan fingerprint density at radius 3 is 2.88 bits per heavy atom. The minimum atomic E-state index is 0.0594. The Bertz CT molecular complexity index is 963. The Morgan fingerprint density at radius 1 is 1.17 bits per heavy atom. The van der Waals surface area contributed by atoms with Crippen LogP contribution in [-0.2, 0) is 6.54 Å². The molecule has 1 aromatic carbocycles. The van der Waals surface area contributed by atoms with Gasteiger partial charge in [-0.1, -0.05) is 30.3 Å². The minimum Gasteiger partial charge on any atom is -0.394 e. The molecule has 2 N–H and O–H groups in total. The summed E-state index contributed by atoms with van der Waals surface area (Å²) < 4.78 is 1.68. The van der Waals surface area contributed by atoms with Gasteiger partial charge in [0, 0.05) is 11.1 Å². The first-order valence-corrected chi connectivity index (χ1v) is 8.35. The molecule has 3 aromatic heterocycles. The Hall–Kier alpha value is -2.77. The summed E-state index contributed by atoms with van der Waals surface area (Å²) in [6, 6.07) is 12.3. The molecule has 6 nitrogen and oxygen atoms in total. The summed E-state index contributed by atoms with van der Waals surface area (Å²) in [6.45, 7) is 0.529. The topological polar surface area (TPSA) is 75.9 Å². The number of aliphatic hydroxyl groups excluding tert-OH is 1. The van der Waals surface area contributed by atoms with Gasteiger partial charge in [-0.3, -0.25) is 4.68 Å². The number of fused-ring (bicyclic) bond motifs is 1. The predicted octanol–water partition coefficient (Wildman–Crippen LogP) is 3.29. The average molecular weight is 337 g/mol. The zero-order valence-electron chi connectivity index (χ0n) is 12.8. The highest BCUT2D eigenvalue weighted by molar-refractivity contribution is 7.21. The predicted molar refractivity (Wildman–Crippen MR) is 95.4 cm³/mol. The first-order valence-electron chi connectivity index (χ1n) is 7.54. The van der Waals surface area contributed by atoms with Crippen molar-refractivity contribution in [1.82, 2.24) is 19.7 Å². The van der Waals surface area contributed by atoms with Crippen molar-refractivity contribution in [3.8, 4) is 10.4 Å². The largest absolute Gasteiger partial charge is 0.394 e. The Balaban J connectivity index is 1.69. The Labute approximate surface area is 142 Å². The summed E-state index contributed by atoms with van der Waals surface area (Å²) in [6.07, 6.45) is 5.12. The number of rotatable bonds is 5. The van der Waals surface area contributed by atoms with Crippen molar-refractivity contribution in [3.05, 3.63) is 55.1 Å². The number of benzene rings is 1. The number of hydrogen-bond donors (Lipinski definition) is 2. The summed E-state index contributed by atoms with van der Waals surface area (Å²) in [7, 11) is 0. The fourth-order valence-corrected chi connectivity index (χ4v) is 3.49. The van der Waals surface area contributed by atoms with Crippen molar-refractivity contribution < 1.29 is 5.11 Å². The van der Waals surface area contributed by atoms with Gasteiger partial charge in [0.15, 0.2) is 0 Å². The molecular weight excluding hydrogens is 322 g/mol. The third kappa shape index (κ3) is 2.86. The lowest BCUT2D eigenvalue weighted by atomic mass is 10.2. The summed E-state index contributed by atoms with van der Waals surface area (Å²) >= 11 is 1.64. The average Bonchev–Trinajstić information content (AvgIpc) is 3.23. The van der Waals surface area contributed by atoms with Crippen molar-refractivity contribution in [2.24, 2.45) is 0 Å². The first-order chi connectivity index (χ1) is 11.8. The lowest BCUT2D eigenvalue weighted by Crippen LogP contribution is -2.01. The second-order valence-electron chi connectivity index (χ2n) is 5.26. The molecule has 24 heavy (non-hydrogen) atoms. The summed E-state index contributed by atoms with van der Waals surface area (Å²) in [5.41, 5.74) is 2.00. The van der Waals surface area contributed by atoms with Crippen LogP contribution in [0.1, 0.15) is 0 Å². The molecule has 0 aliphatic rings. The highest BCUT2D eigenvalue weighted by atomic mass is 32.1. The van der Waals surface area contributed by atoms with E-state index in [1.54, 1.807) is 28.5 Å². The summed E-state index contributed by atoms with van der Waals surface area (Å²) in [5, 5.41) is 17.4. The lowest BCUT2D eigenvalue weighted by molar-refractivity contribution is 0.269. The van der Waals surface area contributed by atoms with E-state index < -0.39 is 0 Å². The van der Waals surface area contributed by atoms with Gasteiger partial charge in [0.05, 0.1) is 30.4 Å². The fraction of sp³-hybridized carbons (Fsp3) is 0.118. The van der Waals surface area contributed by atoms with E-state index in [1.165, 1.54) is 5.56 Å². The SMILES string of the molecule is OCCn1cc(Nc2ncnc3sc(-c4ccccc4)cc23)cn1. The van der Waals surface area contributed by atoms with E-state index in [9.17, 15) is 0 Å². The lowest BCUT2D eigenvalue weighted by Gasteiger charge is -2.03. The van der Waals surface area contributed by atoms with Crippen LogP contribution in [0.5, 0.6) is 0 Å². The van der Waals surface area contributed by atoms with E-state index in [4.69, 9.17) is 5.11 Å². The zero-order valence-corrected chi connectivity index (χ0v) is 13.6. The third-order valence-corrected chi connectivity index (χ3v) is 4.70. The molecule has 0 saturated heterocycles. The van der Waals surface area contributed by atoms with Gasteiger partial charge < -0.3 is 10.4 Å².